The monoisotopic (exact) mass is 526 g/mol. The number of aromatic amines is 1. The summed E-state index contributed by atoms with van der Waals surface area (Å²) >= 11 is 1.65. The van der Waals surface area contributed by atoms with Crippen molar-refractivity contribution in [3.8, 4) is 11.3 Å². The van der Waals surface area contributed by atoms with Gasteiger partial charge in [0.15, 0.2) is 11.5 Å². The lowest BCUT2D eigenvalue weighted by Crippen LogP contribution is -2.52. The Kier molecular flexibility index (Phi) is 7.68. The van der Waals surface area contributed by atoms with Gasteiger partial charge in [-0.3, -0.25) is 19.2 Å². The van der Waals surface area contributed by atoms with E-state index < -0.39 is 5.41 Å². The van der Waals surface area contributed by atoms with Gasteiger partial charge in [0.05, 0.1) is 40.3 Å². The molecule has 1 aliphatic rings. The molecule has 3 aromatic rings. The highest BCUT2D eigenvalue weighted by molar-refractivity contribution is 8.01. The maximum Gasteiger partial charge on any atom is 0.311 e. The number of H-pyrrole nitrogens is 1. The van der Waals surface area contributed by atoms with Crippen LogP contribution in [0.4, 0.5) is 5.82 Å². The fourth-order valence-corrected chi connectivity index (χ4v) is 5.19. The molecule has 3 aromatic heterocycles. The molecule has 200 valence electrons. The molecule has 11 heteroatoms. The summed E-state index contributed by atoms with van der Waals surface area (Å²) in [4.78, 5) is 24.1. The summed E-state index contributed by atoms with van der Waals surface area (Å²) < 4.78 is 9.95. The average molecular weight is 527 g/mol. The Morgan fingerprint density at radius 2 is 2.03 bits per heavy atom. The van der Waals surface area contributed by atoms with Crippen molar-refractivity contribution in [2.45, 2.75) is 60.0 Å². The van der Waals surface area contributed by atoms with Crippen molar-refractivity contribution in [2.24, 2.45) is 5.41 Å². The van der Waals surface area contributed by atoms with Crippen molar-refractivity contribution in [2.75, 3.05) is 32.1 Å². The van der Waals surface area contributed by atoms with E-state index in [4.69, 9.17) is 9.72 Å². The Bertz CT molecular complexity index is 1280. The molecule has 2 N–H and O–H groups in total. The highest BCUT2D eigenvalue weighted by Crippen LogP contribution is 2.34. The number of hydrogen-bond donors (Lipinski definition) is 2. The summed E-state index contributed by atoms with van der Waals surface area (Å²) in [7, 11) is 2.09. The van der Waals surface area contributed by atoms with Gasteiger partial charge in [-0.15, -0.1) is 0 Å². The highest BCUT2D eigenvalue weighted by atomic mass is 32.2. The Hall–Kier alpha value is -2.89. The van der Waals surface area contributed by atoms with E-state index in [9.17, 15) is 4.79 Å². The first-order chi connectivity index (χ1) is 17.4. The van der Waals surface area contributed by atoms with Crippen LogP contribution in [0.25, 0.3) is 16.9 Å². The number of esters is 1. The number of nitrogens with one attached hydrogen (secondary N) is 2. The molecule has 37 heavy (non-hydrogen) atoms. The molecule has 0 saturated heterocycles. The molecule has 0 fully saturated rings. The van der Waals surface area contributed by atoms with Crippen LogP contribution in [-0.2, 0) is 9.53 Å². The molecule has 0 saturated carbocycles. The highest BCUT2D eigenvalue weighted by Gasteiger charge is 2.34. The van der Waals surface area contributed by atoms with Crippen molar-refractivity contribution < 1.29 is 9.53 Å². The third-order valence-electron chi connectivity index (χ3n) is 6.52. The van der Waals surface area contributed by atoms with E-state index in [0.717, 1.165) is 40.7 Å². The third-order valence-corrected chi connectivity index (χ3v) is 7.51. The molecule has 0 amide bonds. The van der Waals surface area contributed by atoms with Gasteiger partial charge in [-0.25, -0.2) is 14.3 Å². The fourth-order valence-electron chi connectivity index (χ4n) is 4.26. The molecule has 0 bridgehead atoms. The smallest absolute Gasteiger partial charge is 0.311 e. The number of carbonyl (C=O) groups excluding carboxylic acids is 1. The van der Waals surface area contributed by atoms with Gasteiger partial charge >= 0.3 is 5.97 Å². The number of hydrogen-bond acceptors (Lipinski definition) is 9. The van der Waals surface area contributed by atoms with Crippen molar-refractivity contribution in [3.63, 3.8) is 0 Å². The minimum absolute atomic E-state index is 0.173. The quantitative estimate of drug-likeness (QED) is 0.311. The molecule has 4 heterocycles. The first kappa shape index (κ1) is 27.2. The first-order valence-corrected chi connectivity index (χ1v) is 13.3. The standard InChI is InChI=1S/C26H38N8O2S/c1-9-33(26(6,7)16-36-24(35)25(3,4)5)15-19-10-21(37-32(19)8)31-22-23-27-13-20(18-11-28-29-12-18)34(23)14-17(2)30-22/h10-14,19H,9,15-16H2,1-8H3,(H,28,29)(H,30,31). The molecule has 4 rings (SSSR count). The second-order valence-electron chi connectivity index (χ2n) is 11.1. The van der Waals surface area contributed by atoms with E-state index in [0.29, 0.717) is 12.4 Å². The molecule has 0 spiro atoms. The lowest BCUT2D eigenvalue weighted by Gasteiger charge is -2.39. The normalized spacial score (nSPS) is 17.0. The number of aromatic nitrogens is 5. The molecule has 0 aliphatic carbocycles. The van der Waals surface area contributed by atoms with Gasteiger partial charge in [-0.05, 0) is 73.2 Å². The number of imidazole rings is 1. The van der Waals surface area contributed by atoms with Gasteiger partial charge in [0.1, 0.15) is 6.61 Å². The summed E-state index contributed by atoms with van der Waals surface area (Å²) in [5.74, 6) is 0.535. The van der Waals surface area contributed by atoms with E-state index >= 15 is 0 Å². The van der Waals surface area contributed by atoms with Crippen molar-refractivity contribution in [1.82, 2.24) is 33.8 Å². The van der Waals surface area contributed by atoms with Crippen molar-refractivity contribution >= 4 is 29.4 Å². The van der Waals surface area contributed by atoms with Crippen LogP contribution in [0.5, 0.6) is 0 Å². The van der Waals surface area contributed by atoms with E-state index in [-0.39, 0.29) is 17.6 Å². The second kappa shape index (κ2) is 10.5. The largest absolute Gasteiger partial charge is 0.463 e. The van der Waals surface area contributed by atoms with Crippen molar-refractivity contribution in [1.29, 1.82) is 0 Å². The zero-order chi connectivity index (χ0) is 27.0. The number of fused-ring (bicyclic) bond motifs is 1. The fraction of sp³-hybridized carbons (Fsp3) is 0.538. The number of likely N-dealkylation sites (N-methyl/N-ethyl adjacent to an activating group) is 2. The van der Waals surface area contributed by atoms with E-state index in [1.54, 1.807) is 18.1 Å². The summed E-state index contributed by atoms with van der Waals surface area (Å²) in [6, 6.07) is 0.173. The number of anilines is 1. The Morgan fingerprint density at radius 3 is 2.68 bits per heavy atom. The van der Waals surface area contributed by atoms with Crippen LogP contribution in [-0.4, -0.2) is 78.1 Å². The molecule has 10 nitrogen and oxygen atoms in total. The van der Waals surface area contributed by atoms with Gasteiger partial charge in [0.25, 0.3) is 0 Å². The molecule has 0 aromatic carbocycles. The second-order valence-corrected chi connectivity index (χ2v) is 12.3. The molecular formula is C26H38N8O2S. The summed E-state index contributed by atoms with van der Waals surface area (Å²) in [6.45, 7) is 16.0. The first-order valence-electron chi connectivity index (χ1n) is 12.5. The maximum atomic E-state index is 12.3. The lowest BCUT2D eigenvalue weighted by atomic mass is 9.97. The molecule has 1 aliphatic heterocycles. The van der Waals surface area contributed by atoms with E-state index in [2.05, 4.69) is 63.6 Å². The van der Waals surface area contributed by atoms with Crippen LogP contribution in [0.3, 0.4) is 0 Å². The van der Waals surface area contributed by atoms with Crippen LogP contribution in [0.15, 0.2) is 35.9 Å². The van der Waals surface area contributed by atoms with E-state index in [1.807, 2.05) is 50.7 Å². The van der Waals surface area contributed by atoms with Crippen LogP contribution in [0, 0.1) is 12.3 Å². The number of aryl methyl sites for hydroxylation is 1. The number of carbonyl (C=O) groups is 1. The molecular weight excluding hydrogens is 488 g/mol. The van der Waals surface area contributed by atoms with E-state index in [1.165, 1.54) is 0 Å². The molecule has 1 unspecified atom stereocenters. The minimum atomic E-state index is -0.512. The number of nitrogens with zero attached hydrogens (tertiary/aromatic N) is 6. The van der Waals surface area contributed by atoms with Gasteiger partial charge in [-0.1, -0.05) is 6.92 Å². The topological polar surface area (TPSA) is 104 Å². The Labute approximate surface area is 223 Å². The summed E-state index contributed by atoms with van der Waals surface area (Å²) in [5.41, 5.74) is 2.75. The zero-order valence-corrected chi connectivity index (χ0v) is 23.8. The van der Waals surface area contributed by atoms with Gasteiger partial charge in [0.2, 0.25) is 0 Å². The predicted molar refractivity (Wildman–Crippen MR) is 148 cm³/mol. The van der Waals surface area contributed by atoms with Crippen LogP contribution in [0.1, 0.15) is 47.2 Å². The SMILES string of the molecule is CCN(CC1C=C(Nc2nc(C)cn3c(-c4cn[nH]c4)cnc23)SN1C)C(C)(C)COC(=O)C(C)(C)C. The van der Waals surface area contributed by atoms with Crippen molar-refractivity contribution in [3.05, 3.63) is 41.6 Å². The Morgan fingerprint density at radius 1 is 1.27 bits per heavy atom. The lowest BCUT2D eigenvalue weighted by molar-refractivity contribution is -0.157. The minimum Gasteiger partial charge on any atom is -0.463 e. The number of ether oxygens (including phenoxy) is 1. The maximum absolute atomic E-state index is 12.3. The molecule has 1 atom stereocenters. The van der Waals surface area contributed by atoms with Crippen LogP contribution >= 0.6 is 11.9 Å². The summed E-state index contributed by atoms with van der Waals surface area (Å²) in [5, 5.41) is 11.4. The Balaban J connectivity index is 1.49. The van der Waals surface area contributed by atoms with Crippen LogP contribution < -0.4 is 5.32 Å². The molecule has 0 radical (unpaired) electrons. The van der Waals surface area contributed by atoms with Crippen LogP contribution in [0.2, 0.25) is 0 Å². The third kappa shape index (κ3) is 6.00. The van der Waals surface area contributed by atoms with Gasteiger partial charge in [-0.2, -0.15) is 5.10 Å². The zero-order valence-electron chi connectivity index (χ0n) is 23.0. The summed E-state index contributed by atoms with van der Waals surface area (Å²) in [6.07, 6.45) is 9.68. The van der Waals surface area contributed by atoms with Gasteiger partial charge in [0, 0.05) is 30.0 Å². The van der Waals surface area contributed by atoms with Gasteiger partial charge < -0.3 is 10.1 Å². The number of rotatable bonds is 9. The average Bonchev–Trinajstić information content (AvgIpc) is 3.55. The predicted octanol–water partition coefficient (Wildman–Crippen LogP) is 4.33.